The Morgan fingerprint density at radius 1 is 1.21 bits per heavy atom. The Bertz CT molecular complexity index is 309. The lowest BCUT2D eigenvalue weighted by molar-refractivity contribution is -0.138. The number of rotatable bonds is 4. The molecule has 1 aliphatic heterocycles. The minimum absolute atomic E-state index is 0.151. The van der Waals surface area contributed by atoms with Gasteiger partial charge < -0.3 is 10.2 Å². The Kier molecular flexibility index (Phi) is 4.54. The van der Waals surface area contributed by atoms with Gasteiger partial charge in [0.15, 0.2) is 0 Å². The minimum Gasteiger partial charge on any atom is -0.342 e. The predicted octanol–water partition coefficient (Wildman–Crippen LogP) is 2.66. The highest BCUT2D eigenvalue weighted by Gasteiger charge is 2.45. The van der Waals surface area contributed by atoms with Gasteiger partial charge in [-0.15, -0.1) is 0 Å². The topological polar surface area (TPSA) is 32.3 Å². The van der Waals surface area contributed by atoms with Gasteiger partial charge in [0.1, 0.15) is 0 Å². The van der Waals surface area contributed by atoms with E-state index in [1.807, 2.05) is 13.8 Å². The smallest absolute Gasteiger partial charge is 0.225 e. The normalized spacial score (nSPS) is 23.2. The highest BCUT2D eigenvalue weighted by Crippen LogP contribution is 2.52. The molecule has 3 heteroatoms. The van der Waals surface area contributed by atoms with E-state index in [0.717, 1.165) is 19.0 Å². The second kappa shape index (κ2) is 5.82. The van der Waals surface area contributed by atoms with E-state index in [4.69, 9.17) is 0 Å². The second-order valence-corrected chi connectivity index (χ2v) is 7.32. The van der Waals surface area contributed by atoms with E-state index in [1.165, 1.54) is 32.2 Å². The fourth-order valence-electron chi connectivity index (χ4n) is 3.69. The summed E-state index contributed by atoms with van der Waals surface area (Å²) in [5.41, 5.74) is 0.580. The Labute approximate surface area is 118 Å². The molecule has 19 heavy (non-hydrogen) atoms. The van der Waals surface area contributed by atoms with Crippen LogP contribution >= 0.6 is 0 Å². The molecule has 1 aliphatic carbocycles. The Balaban J connectivity index is 1.72. The number of likely N-dealkylation sites (tertiary alicyclic amines) is 1. The van der Waals surface area contributed by atoms with Crippen LogP contribution in [0.3, 0.4) is 0 Å². The van der Waals surface area contributed by atoms with Gasteiger partial charge in [-0.3, -0.25) is 4.79 Å². The molecule has 2 rings (SSSR count). The first-order valence-corrected chi connectivity index (χ1v) is 7.94. The van der Waals surface area contributed by atoms with Crippen molar-refractivity contribution >= 4 is 5.91 Å². The molecule has 0 aromatic heterocycles. The minimum atomic E-state index is 0.151. The first-order chi connectivity index (χ1) is 8.92. The first kappa shape index (κ1) is 14.8. The summed E-state index contributed by atoms with van der Waals surface area (Å²) in [6.45, 7) is 11.6. The fraction of sp³-hybridized carbons (Fsp3) is 0.938. The molecule has 1 heterocycles. The quantitative estimate of drug-likeness (QED) is 0.848. The Morgan fingerprint density at radius 2 is 1.79 bits per heavy atom. The van der Waals surface area contributed by atoms with Crippen LogP contribution < -0.4 is 5.32 Å². The molecule has 0 unspecified atom stereocenters. The lowest BCUT2D eigenvalue weighted by Crippen LogP contribution is -2.51. The van der Waals surface area contributed by atoms with E-state index in [2.05, 4.69) is 24.1 Å². The molecule has 1 N–H and O–H groups in total. The third kappa shape index (κ3) is 3.50. The van der Waals surface area contributed by atoms with Gasteiger partial charge in [-0.25, -0.2) is 0 Å². The van der Waals surface area contributed by atoms with Gasteiger partial charge in [0.2, 0.25) is 5.91 Å². The zero-order valence-corrected chi connectivity index (χ0v) is 13.0. The van der Waals surface area contributed by atoms with Crippen LogP contribution in [0.2, 0.25) is 0 Å². The number of amides is 1. The lowest BCUT2D eigenvalue weighted by Gasteiger charge is -2.52. The molecular weight excluding hydrogens is 236 g/mol. The summed E-state index contributed by atoms with van der Waals surface area (Å²) in [6.07, 6.45) is 5.19. The summed E-state index contributed by atoms with van der Waals surface area (Å²) in [5, 5.41) is 3.55. The zero-order chi connectivity index (χ0) is 14.0. The Hall–Kier alpha value is -0.570. The summed E-state index contributed by atoms with van der Waals surface area (Å²) in [5.74, 6) is 1.36. The number of hydrogen-bond donors (Lipinski definition) is 1. The second-order valence-electron chi connectivity index (χ2n) is 7.32. The van der Waals surface area contributed by atoms with Crippen molar-refractivity contribution in [3.63, 3.8) is 0 Å². The number of nitrogens with one attached hydrogen (secondary N) is 1. The average Bonchev–Trinajstić information content (AvgIpc) is 2.33. The molecule has 1 amide bonds. The third-order valence-corrected chi connectivity index (χ3v) is 4.89. The highest BCUT2D eigenvalue weighted by atomic mass is 16.2. The van der Waals surface area contributed by atoms with Crippen molar-refractivity contribution < 1.29 is 4.79 Å². The van der Waals surface area contributed by atoms with Crippen molar-refractivity contribution in [1.29, 1.82) is 0 Å². The molecule has 3 nitrogen and oxygen atoms in total. The van der Waals surface area contributed by atoms with E-state index < -0.39 is 0 Å². The number of carbonyl (C=O) groups excluding carboxylic acids is 1. The highest BCUT2D eigenvalue weighted by molar-refractivity contribution is 5.78. The molecule has 0 radical (unpaired) electrons. The summed E-state index contributed by atoms with van der Waals surface area (Å²) in [6, 6.07) is 0.599. The van der Waals surface area contributed by atoms with Crippen molar-refractivity contribution in [2.45, 2.75) is 59.4 Å². The molecule has 110 valence electrons. The fourth-order valence-corrected chi connectivity index (χ4v) is 3.69. The number of hydrogen-bond acceptors (Lipinski definition) is 2. The van der Waals surface area contributed by atoms with Crippen LogP contribution in [0.4, 0.5) is 0 Å². The van der Waals surface area contributed by atoms with E-state index >= 15 is 0 Å². The standard InChI is InChI=1S/C16H30N2O/c1-12(2)15(19)18-7-5-16(6-8-18)9-14(10-16)11-17-13(3)4/h12-14,17H,5-11H2,1-4H3. The van der Waals surface area contributed by atoms with Gasteiger partial charge in [0.05, 0.1) is 0 Å². The Morgan fingerprint density at radius 3 is 2.26 bits per heavy atom. The summed E-state index contributed by atoms with van der Waals surface area (Å²) in [4.78, 5) is 14.1. The van der Waals surface area contributed by atoms with E-state index in [0.29, 0.717) is 17.4 Å². The van der Waals surface area contributed by atoms with E-state index in [-0.39, 0.29) is 5.92 Å². The summed E-state index contributed by atoms with van der Waals surface area (Å²) >= 11 is 0. The van der Waals surface area contributed by atoms with Crippen molar-refractivity contribution in [3.8, 4) is 0 Å². The predicted molar refractivity (Wildman–Crippen MR) is 78.9 cm³/mol. The average molecular weight is 266 g/mol. The van der Waals surface area contributed by atoms with Crippen molar-refractivity contribution in [3.05, 3.63) is 0 Å². The lowest BCUT2D eigenvalue weighted by atomic mass is 9.57. The summed E-state index contributed by atoms with van der Waals surface area (Å²) in [7, 11) is 0. The van der Waals surface area contributed by atoms with E-state index in [1.54, 1.807) is 0 Å². The van der Waals surface area contributed by atoms with Gasteiger partial charge in [-0.05, 0) is 43.6 Å². The first-order valence-electron chi connectivity index (χ1n) is 7.94. The largest absolute Gasteiger partial charge is 0.342 e. The van der Waals surface area contributed by atoms with E-state index in [9.17, 15) is 4.79 Å². The van der Waals surface area contributed by atoms with Crippen molar-refractivity contribution in [2.24, 2.45) is 17.3 Å². The van der Waals surface area contributed by atoms with Crippen molar-refractivity contribution in [1.82, 2.24) is 10.2 Å². The number of nitrogens with zero attached hydrogens (tertiary/aromatic N) is 1. The molecule has 0 atom stereocenters. The van der Waals surface area contributed by atoms with Crippen LogP contribution in [-0.2, 0) is 4.79 Å². The summed E-state index contributed by atoms with van der Waals surface area (Å²) < 4.78 is 0. The van der Waals surface area contributed by atoms with Gasteiger partial charge in [0, 0.05) is 25.0 Å². The maximum absolute atomic E-state index is 12.0. The third-order valence-electron chi connectivity index (χ3n) is 4.89. The van der Waals surface area contributed by atoms with Crippen LogP contribution in [0.25, 0.3) is 0 Å². The van der Waals surface area contributed by atoms with Crippen LogP contribution in [0.15, 0.2) is 0 Å². The molecule has 1 saturated heterocycles. The molecule has 0 aromatic carbocycles. The van der Waals surface area contributed by atoms with Crippen LogP contribution in [0.1, 0.15) is 53.4 Å². The molecule has 0 aromatic rings. The van der Waals surface area contributed by atoms with Gasteiger partial charge in [-0.2, -0.15) is 0 Å². The molecular formula is C16H30N2O. The monoisotopic (exact) mass is 266 g/mol. The maximum Gasteiger partial charge on any atom is 0.225 e. The maximum atomic E-state index is 12.0. The molecule has 2 aliphatic rings. The van der Waals surface area contributed by atoms with Crippen LogP contribution in [0.5, 0.6) is 0 Å². The molecule has 1 spiro atoms. The molecule has 2 fully saturated rings. The van der Waals surface area contributed by atoms with Crippen LogP contribution in [0, 0.1) is 17.3 Å². The van der Waals surface area contributed by atoms with Gasteiger partial charge in [0.25, 0.3) is 0 Å². The number of carbonyl (C=O) groups is 1. The van der Waals surface area contributed by atoms with Crippen LogP contribution in [-0.4, -0.2) is 36.5 Å². The SMILES string of the molecule is CC(C)NCC1CC2(CCN(C(=O)C(C)C)CC2)C1. The van der Waals surface area contributed by atoms with Crippen molar-refractivity contribution in [2.75, 3.05) is 19.6 Å². The molecule has 1 saturated carbocycles. The molecule has 0 bridgehead atoms. The van der Waals surface area contributed by atoms with Gasteiger partial charge >= 0.3 is 0 Å². The van der Waals surface area contributed by atoms with Gasteiger partial charge in [-0.1, -0.05) is 27.7 Å². The zero-order valence-electron chi connectivity index (χ0n) is 13.0. The number of piperidine rings is 1.